The third-order valence-corrected chi connectivity index (χ3v) is 5.07. The maximum atomic E-state index is 14.9. The number of aryl methyl sites for hydroxylation is 2. The van der Waals surface area contributed by atoms with E-state index in [1.54, 1.807) is 24.3 Å². The van der Waals surface area contributed by atoms with Crippen molar-refractivity contribution in [3.63, 3.8) is 0 Å². The summed E-state index contributed by atoms with van der Waals surface area (Å²) in [5.41, 5.74) is 3.50. The Labute approximate surface area is 201 Å². The molecule has 0 bridgehead atoms. The Balaban J connectivity index is 0.00000324. The second kappa shape index (κ2) is 10.3. The van der Waals surface area contributed by atoms with Gasteiger partial charge in [-0.2, -0.15) is 10.1 Å². The number of nitrogens with zero attached hydrogens (tertiary/aromatic N) is 4. The van der Waals surface area contributed by atoms with Gasteiger partial charge in [0.05, 0.1) is 11.9 Å². The fraction of sp³-hybridized carbons (Fsp3) is 0.174. The summed E-state index contributed by atoms with van der Waals surface area (Å²) in [5.74, 6) is 0.250. The molecular weight excluding hydrogens is 459 g/mol. The molecule has 0 aliphatic rings. The van der Waals surface area contributed by atoms with Gasteiger partial charge in [0, 0.05) is 30.6 Å². The van der Waals surface area contributed by atoms with Crippen molar-refractivity contribution in [2.45, 2.75) is 21.3 Å². The molecular formula is C23H24ClFN8O. The number of rotatable bonds is 6. The topological polar surface area (TPSA) is 121 Å². The van der Waals surface area contributed by atoms with Crippen LogP contribution in [0.3, 0.4) is 0 Å². The second-order valence-electron chi connectivity index (χ2n) is 7.23. The van der Waals surface area contributed by atoms with Crippen molar-refractivity contribution in [2.75, 3.05) is 17.7 Å². The van der Waals surface area contributed by atoms with Crippen LogP contribution in [0, 0.1) is 19.7 Å². The fourth-order valence-electron chi connectivity index (χ4n) is 3.14. The number of anilines is 4. The zero-order chi connectivity index (χ0) is 23.5. The molecule has 0 fully saturated rings. The van der Waals surface area contributed by atoms with Crippen molar-refractivity contribution in [1.82, 2.24) is 30.5 Å². The van der Waals surface area contributed by atoms with E-state index >= 15 is 0 Å². The third-order valence-electron chi connectivity index (χ3n) is 4.79. The number of aromatic nitrogens is 5. The molecule has 1 amide bonds. The molecule has 0 aliphatic heterocycles. The van der Waals surface area contributed by atoms with Crippen molar-refractivity contribution in [3.05, 3.63) is 70.5 Å². The van der Waals surface area contributed by atoms with E-state index in [2.05, 4.69) is 41.1 Å². The molecule has 176 valence electrons. The fourth-order valence-corrected chi connectivity index (χ4v) is 3.28. The Morgan fingerprint density at radius 1 is 1.09 bits per heavy atom. The number of amides is 1. The van der Waals surface area contributed by atoms with Gasteiger partial charge in [0.1, 0.15) is 16.5 Å². The molecule has 0 unspecified atom stereocenters. The smallest absolute Gasteiger partial charge is 0.269 e. The molecule has 4 rings (SSSR count). The molecule has 34 heavy (non-hydrogen) atoms. The minimum Gasteiger partial charge on any atom is -0.354 e. The molecule has 11 heteroatoms. The molecule has 0 atom stereocenters. The van der Waals surface area contributed by atoms with Gasteiger partial charge in [-0.3, -0.25) is 14.9 Å². The molecule has 0 aliphatic carbocycles. The van der Waals surface area contributed by atoms with Gasteiger partial charge in [0.15, 0.2) is 11.6 Å². The van der Waals surface area contributed by atoms with Crippen LogP contribution in [0.4, 0.5) is 27.7 Å². The van der Waals surface area contributed by atoms with Crippen molar-refractivity contribution < 1.29 is 9.18 Å². The highest BCUT2D eigenvalue weighted by atomic mass is 35.5. The maximum Gasteiger partial charge on any atom is 0.269 e. The number of benzene rings is 1. The van der Waals surface area contributed by atoms with E-state index in [1.165, 1.54) is 25.5 Å². The number of carbonyl (C=O) groups excluding carboxylic acids is 1. The first kappa shape index (κ1) is 24.6. The van der Waals surface area contributed by atoms with Crippen LogP contribution in [-0.4, -0.2) is 38.1 Å². The molecule has 3 aromatic heterocycles. The summed E-state index contributed by atoms with van der Waals surface area (Å²) in [6.07, 6.45) is 2.95. The summed E-state index contributed by atoms with van der Waals surface area (Å²) in [6, 6.07) is 8.16. The van der Waals surface area contributed by atoms with E-state index in [0.717, 1.165) is 11.3 Å². The average Bonchev–Trinajstić information content (AvgIpc) is 3.22. The Morgan fingerprint density at radius 3 is 2.53 bits per heavy atom. The van der Waals surface area contributed by atoms with E-state index in [9.17, 15) is 9.18 Å². The lowest BCUT2D eigenvalue weighted by Crippen LogP contribution is -2.18. The average molecular weight is 483 g/mol. The van der Waals surface area contributed by atoms with Crippen LogP contribution in [0.25, 0.3) is 11.1 Å². The van der Waals surface area contributed by atoms with Gasteiger partial charge in [0.2, 0.25) is 5.95 Å². The first-order valence-corrected chi connectivity index (χ1v) is 10.3. The maximum absolute atomic E-state index is 14.9. The Morgan fingerprint density at radius 2 is 1.88 bits per heavy atom. The van der Waals surface area contributed by atoms with Gasteiger partial charge in [-0.25, -0.2) is 9.37 Å². The zero-order valence-electron chi connectivity index (χ0n) is 18.0. The van der Waals surface area contributed by atoms with Gasteiger partial charge in [-0.05, 0) is 43.2 Å². The molecule has 0 saturated heterocycles. The van der Waals surface area contributed by atoms with Crippen molar-refractivity contribution >= 4 is 40.8 Å². The Bertz CT molecular complexity index is 1320. The lowest BCUT2D eigenvalue weighted by Gasteiger charge is -2.13. The molecule has 0 spiro atoms. The number of halogens is 2. The summed E-state index contributed by atoms with van der Waals surface area (Å²) in [4.78, 5) is 24.3. The number of pyridine rings is 1. The number of H-pyrrole nitrogens is 1. The van der Waals surface area contributed by atoms with E-state index < -0.39 is 5.82 Å². The van der Waals surface area contributed by atoms with Crippen LogP contribution in [0.5, 0.6) is 0 Å². The quantitative estimate of drug-likeness (QED) is 0.299. The second-order valence-corrected chi connectivity index (χ2v) is 7.64. The van der Waals surface area contributed by atoms with Crippen LogP contribution < -0.4 is 16.0 Å². The molecule has 4 N–H and O–H groups in total. The Hall–Kier alpha value is -4.05. The van der Waals surface area contributed by atoms with Crippen LogP contribution in [0.2, 0.25) is 5.02 Å². The van der Waals surface area contributed by atoms with Crippen LogP contribution >= 0.6 is 11.6 Å². The molecule has 9 nitrogen and oxygen atoms in total. The Kier molecular flexibility index (Phi) is 7.42. The summed E-state index contributed by atoms with van der Waals surface area (Å²) < 4.78 is 14.9. The number of nitrogens with one attached hydrogen (secondary N) is 4. The van der Waals surface area contributed by atoms with Crippen molar-refractivity contribution in [1.29, 1.82) is 0 Å². The highest BCUT2D eigenvalue weighted by molar-refractivity contribution is 6.32. The van der Waals surface area contributed by atoms with Crippen molar-refractivity contribution in [2.24, 2.45) is 0 Å². The normalized spacial score (nSPS) is 10.4. The number of hydrogen-bond acceptors (Lipinski definition) is 7. The standard InChI is InChI=1S/C22H20ClFN8O.CH4/c1-11-6-18(16(24)8-14(11)13-4-5-17(26-9-13)21(33)25-3)28-22-27-10-15(23)20(30-22)29-19-7-12(2)31-32-19;/h4-10H,1-3H3,(H,25,33)(H3,27,28,29,30,31,32);1H4. The van der Waals surface area contributed by atoms with E-state index in [1.807, 2.05) is 13.8 Å². The van der Waals surface area contributed by atoms with Gasteiger partial charge in [-0.1, -0.05) is 25.1 Å². The predicted molar refractivity (Wildman–Crippen MR) is 131 cm³/mol. The molecule has 0 saturated carbocycles. The zero-order valence-corrected chi connectivity index (χ0v) is 18.8. The first-order valence-electron chi connectivity index (χ1n) is 9.91. The van der Waals surface area contributed by atoms with Gasteiger partial charge < -0.3 is 16.0 Å². The summed E-state index contributed by atoms with van der Waals surface area (Å²) in [7, 11) is 1.53. The lowest BCUT2D eigenvalue weighted by atomic mass is 10.0. The highest BCUT2D eigenvalue weighted by Gasteiger charge is 2.14. The number of hydrogen-bond donors (Lipinski definition) is 4. The molecule has 1 aromatic carbocycles. The van der Waals surface area contributed by atoms with Crippen LogP contribution in [0.1, 0.15) is 29.2 Å². The predicted octanol–water partition coefficient (Wildman–Crippen LogP) is 5.15. The highest BCUT2D eigenvalue weighted by Crippen LogP contribution is 2.30. The summed E-state index contributed by atoms with van der Waals surface area (Å²) in [6.45, 7) is 3.72. The van der Waals surface area contributed by atoms with Gasteiger partial charge in [-0.15, -0.1) is 0 Å². The minimum absolute atomic E-state index is 0. The van der Waals surface area contributed by atoms with E-state index in [-0.39, 0.29) is 30.7 Å². The van der Waals surface area contributed by atoms with Crippen LogP contribution in [0.15, 0.2) is 42.7 Å². The molecule has 0 radical (unpaired) electrons. The number of aromatic amines is 1. The van der Waals surface area contributed by atoms with E-state index in [0.29, 0.717) is 27.8 Å². The largest absolute Gasteiger partial charge is 0.354 e. The minimum atomic E-state index is -0.498. The van der Waals surface area contributed by atoms with Gasteiger partial charge in [0.25, 0.3) is 5.91 Å². The lowest BCUT2D eigenvalue weighted by molar-refractivity contribution is 0.0958. The molecule has 4 aromatic rings. The SMILES string of the molecule is C.CNC(=O)c1ccc(-c2cc(F)c(Nc3ncc(Cl)c(Nc4cc(C)[nH]n4)n3)cc2C)cn1. The van der Waals surface area contributed by atoms with E-state index in [4.69, 9.17) is 11.6 Å². The van der Waals surface area contributed by atoms with Crippen LogP contribution in [-0.2, 0) is 0 Å². The first-order chi connectivity index (χ1) is 15.8. The number of carbonyl (C=O) groups is 1. The third kappa shape index (κ3) is 5.29. The molecule has 3 heterocycles. The van der Waals surface area contributed by atoms with Gasteiger partial charge >= 0.3 is 0 Å². The van der Waals surface area contributed by atoms with Crippen molar-refractivity contribution in [3.8, 4) is 11.1 Å². The summed E-state index contributed by atoms with van der Waals surface area (Å²) >= 11 is 6.18. The summed E-state index contributed by atoms with van der Waals surface area (Å²) in [5, 5.41) is 15.6. The monoisotopic (exact) mass is 482 g/mol.